The van der Waals surface area contributed by atoms with Crippen LogP contribution < -0.4 is 0 Å². The number of rotatable bonds is 4. The highest BCUT2D eigenvalue weighted by Crippen LogP contribution is 2.75. The predicted octanol–water partition coefficient (Wildman–Crippen LogP) is 22.4. The van der Waals surface area contributed by atoms with Crippen LogP contribution in [0.5, 0.6) is 0 Å². The highest BCUT2D eigenvalue weighted by molar-refractivity contribution is 5.81. The molecule has 32 aliphatic rings. The normalized spacial score (nSPS) is 53.0. The number of hydrogen-bond acceptors (Lipinski definition) is 15. The van der Waals surface area contributed by atoms with E-state index in [1.165, 1.54) is 0 Å². The summed E-state index contributed by atoms with van der Waals surface area (Å²) in [7, 11) is 0. The summed E-state index contributed by atoms with van der Waals surface area (Å²) in [6.07, 6.45) is 36.3. The molecule has 16 saturated carbocycles. The first-order valence-corrected chi connectivity index (χ1v) is 50.2. The third-order valence-electron chi connectivity index (χ3n) is 43.7. The van der Waals surface area contributed by atoms with Gasteiger partial charge in [-0.3, -0.25) is 38.4 Å². The van der Waals surface area contributed by atoms with Crippen LogP contribution >= 0.6 is 0 Å². The molecule has 15 nitrogen and oxygen atoms in total. The van der Waals surface area contributed by atoms with Crippen LogP contribution in [0.15, 0.2) is 0 Å². The number of esters is 7. The minimum Gasteiger partial charge on any atom is -0.462 e. The lowest BCUT2D eigenvalue weighted by atomic mass is 9.43. The van der Waals surface area contributed by atoms with Crippen molar-refractivity contribution in [1.29, 1.82) is 0 Å². The van der Waals surface area contributed by atoms with Crippen LogP contribution in [0.3, 0.4) is 0 Å². The second kappa shape index (κ2) is 32.7. The Hall–Kier alpha value is -4.04. The quantitative estimate of drug-likeness (QED) is 0.190. The average Bonchev–Trinajstić information content (AvgIpc) is 1.56. The molecule has 0 amide bonds. The lowest BCUT2D eigenvalue weighted by Gasteiger charge is -2.63. The molecule has 16 aliphatic carbocycles. The van der Waals surface area contributed by atoms with Crippen LogP contribution in [0.4, 0.5) is 0 Å². The van der Waals surface area contributed by atoms with Gasteiger partial charge in [0.15, 0.2) is 0 Å². The van der Waals surface area contributed by atoms with Gasteiger partial charge in [-0.1, -0.05) is 83.1 Å². The van der Waals surface area contributed by atoms with E-state index in [2.05, 4.69) is 83.1 Å². The van der Waals surface area contributed by atoms with Crippen molar-refractivity contribution < 1.29 is 71.5 Å². The van der Waals surface area contributed by atoms with Gasteiger partial charge in [-0.15, -0.1) is 0 Å². The Morgan fingerprint density at radius 1 is 0.269 bits per heavy atom. The maximum atomic E-state index is 14.9. The van der Waals surface area contributed by atoms with E-state index in [1.807, 2.05) is 0 Å². The second-order valence-corrected chi connectivity index (χ2v) is 47.8. The Morgan fingerprint density at radius 3 is 0.765 bits per heavy atom. The van der Waals surface area contributed by atoms with Crippen molar-refractivity contribution in [1.82, 2.24) is 0 Å². The van der Waals surface area contributed by atoms with Gasteiger partial charge in [0.25, 0.3) is 0 Å². The number of carbonyl (C=O) groups excluding carboxylic acids is 8. The van der Waals surface area contributed by atoms with Crippen molar-refractivity contribution in [2.24, 2.45) is 191 Å². The van der Waals surface area contributed by atoms with E-state index in [0.717, 1.165) is 231 Å². The summed E-state index contributed by atoms with van der Waals surface area (Å²) >= 11 is 0. The minimum absolute atomic E-state index is 0.0486. The molecule has 119 heavy (non-hydrogen) atoms. The van der Waals surface area contributed by atoms with Crippen LogP contribution in [0, 0.1) is 191 Å². The van der Waals surface area contributed by atoms with E-state index < -0.39 is 0 Å². The Bertz CT molecular complexity index is 3810. The highest BCUT2D eigenvalue weighted by atomic mass is 16.6. The second-order valence-electron chi connectivity index (χ2n) is 47.8. The number of ether oxygens (including phenoxy) is 7. The van der Waals surface area contributed by atoms with Crippen LogP contribution in [-0.4, -0.2) is 90.3 Å². The van der Waals surface area contributed by atoms with Crippen LogP contribution in [0.2, 0.25) is 0 Å². The Labute approximate surface area is 716 Å². The molecule has 0 aromatic heterocycles. The topological polar surface area (TPSA) is 201 Å². The smallest absolute Gasteiger partial charge is 0.306 e. The lowest BCUT2D eigenvalue weighted by Crippen LogP contribution is -2.59. The molecular formula is C104H160O15. The fourth-order valence-electron chi connectivity index (χ4n) is 37.8. The van der Waals surface area contributed by atoms with Gasteiger partial charge in [0, 0.05) is 81.0 Å². The number of carbonyl (C=O) groups is 8. The molecule has 15 heteroatoms. The zero-order valence-corrected chi connectivity index (χ0v) is 76.9. The molecule has 0 radical (unpaired) electrons. The maximum absolute atomic E-state index is 14.9. The van der Waals surface area contributed by atoms with E-state index in [9.17, 15) is 38.4 Å². The van der Waals surface area contributed by atoms with E-state index in [1.54, 1.807) is 27.7 Å². The number of ketones is 1. The van der Waals surface area contributed by atoms with E-state index in [0.29, 0.717) is 156 Å². The molecular weight excluding hydrogens is 1490 g/mol. The molecule has 666 valence electrons. The van der Waals surface area contributed by atoms with Crippen LogP contribution in [-0.2, 0) is 71.5 Å². The highest BCUT2D eigenvalue weighted by Gasteiger charge is 2.71. The minimum atomic E-state index is -0.207. The van der Waals surface area contributed by atoms with Crippen molar-refractivity contribution in [2.45, 2.75) is 410 Å². The van der Waals surface area contributed by atoms with E-state index in [4.69, 9.17) is 33.2 Å². The standard InChI is InChI=1S/C104H160O15/c1-57-17-37-89(109)65-41-45-97(9)66(49-65)21-25-73-81-34-30-78(102(81,14)90(53-85(73)97)113-61(5)105)58(2)18-38-94(110)118-71-43-47-99(11)68(51-71)23-27-75-83-36-32-80(104(83,16)92(55-87(75)99)115-63(7)107)60(4)20-40-96(112)119-72-44-48-100(12)69(52-72)24-28-76-84-35-31-79(103(84,15)93(56-88(76)100)116-64(8)108)59(3)19-39-95(111)117-70-42-46-98(10)67(50-70)22-26-74-82-33-29-77(57)101(82,13)91(54-86(74)98)114-62(6)106/h57-60,65-88,90-93H,17-56H2,1-16H3/t57-,58-,59-,60-,65-,66-,67-,68-,69-,70-,71-,72-,73+,74+,75+,76+,77-,78-,79-,80-,81+,82+,83+,84+,85+,86+,87+,88+,90+,91+,92+,93+,97+,98+,99+,100+,101-,102-,103-,104-/m1/s1. The fraction of sp³-hybridized carbons (Fsp3) is 0.923. The largest absolute Gasteiger partial charge is 0.462 e. The summed E-state index contributed by atoms with van der Waals surface area (Å²) < 4.78 is 46.3. The lowest BCUT2D eigenvalue weighted by molar-refractivity contribution is -0.199. The monoisotopic (exact) mass is 1650 g/mol. The summed E-state index contributed by atoms with van der Waals surface area (Å²) in [4.78, 5) is 111. The molecule has 40 atom stereocenters. The number of hydrogen-bond donors (Lipinski definition) is 0. The van der Waals surface area contributed by atoms with Gasteiger partial charge in [0.1, 0.15) is 48.5 Å². The van der Waals surface area contributed by atoms with Crippen LogP contribution in [0.25, 0.3) is 0 Å². The Balaban J connectivity index is 0.588. The molecule has 32 fully saturated rings. The Kier molecular flexibility index (Phi) is 23.9. The molecule has 32 rings (SSSR count). The molecule has 16 heterocycles. The maximum Gasteiger partial charge on any atom is 0.306 e. The molecule has 0 N–H and O–H groups in total. The molecule has 0 aromatic rings. The Morgan fingerprint density at radius 2 is 0.504 bits per heavy atom. The number of Topliss-reactive ketones (excluding diaryl/α,β-unsaturated/α-hetero) is 1. The predicted molar refractivity (Wildman–Crippen MR) is 456 cm³/mol. The zero-order chi connectivity index (χ0) is 84.3. The zero-order valence-electron chi connectivity index (χ0n) is 76.9. The molecule has 16 aliphatic heterocycles. The summed E-state index contributed by atoms with van der Waals surface area (Å²) in [5.41, 5.74) is -0.541. The van der Waals surface area contributed by atoms with E-state index >= 15 is 0 Å². The molecule has 0 spiro atoms. The molecule has 16 saturated heterocycles. The van der Waals surface area contributed by atoms with Gasteiger partial charge < -0.3 is 33.2 Å². The van der Waals surface area contributed by atoms with Gasteiger partial charge in [-0.25, -0.2) is 0 Å². The van der Waals surface area contributed by atoms with Gasteiger partial charge in [0.05, 0.1) is 0 Å². The third-order valence-corrected chi connectivity index (χ3v) is 43.7. The first kappa shape index (κ1) is 87.1. The average molecular weight is 1650 g/mol. The third kappa shape index (κ3) is 14.7. The summed E-state index contributed by atoms with van der Waals surface area (Å²) in [6.45, 7) is 35.9. The van der Waals surface area contributed by atoms with Crippen LogP contribution in [0.1, 0.15) is 368 Å². The van der Waals surface area contributed by atoms with Gasteiger partial charge in [0.2, 0.25) is 0 Å². The fourth-order valence-corrected chi connectivity index (χ4v) is 37.8. The molecule has 0 unspecified atom stereocenters. The van der Waals surface area contributed by atoms with Crippen molar-refractivity contribution in [3.63, 3.8) is 0 Å². The first-order valence-electron chi connectivity index (χ1n) is 50.2. The van der Waals surface area contributed by atoms with Crippen molar-refractivity contribution in [2.75, 3.05) is 0 Å². The van der Waals surface area contributed by atoms with Gasteiger partial charge in [-0.2, -0.15) is 0 Å². The summed E-state index contributed by atoms with van der Waals surface area (Å²) in [5.74, 6) is 9.11. The van der Waals surface area contributed by atoms with E-state index in [-0.39, 0.29) is 152 Å². The SMILES string of the molecule is CC(=O)O[C@H]1C[C@H]2[C@H]3CC[C@@H]4C[C@@H](CC[C@@]42C)OC(=O)CC[C@@H](C)[C@H]2CC[C@H]4[C@@H]5CC[C@@H]6C[C@@H](CC[C@]6(C)[C@H]5C[C@H](OC(C)=O)[C@]24C)OC(=O)CC[C@@H](C)[C@H]2CC[C@H]4[C@@H]5CC[C@@H]6C[C@@H](CC[C@]6(C)[C@H]5C[C@H](OC(C)=O)[C@]24C)C(=O)CC[C@@H](C)[C@H]2CC[C@H]4[C@@H]5CC[C@@H]6C[C@@H](CC[C@]6(C)[C@H]5C[C@H](OC(C)=O)[C@]24C)OC(=O)CC[C@@H](C)[C@H]2CC[C@@H]3[C@]12C. The van der Waals surface area contributed by atoms with Gasteiger partial charge in [-0.05, 0) is 395 Å². The first-order chi connectivity index (χ1) is 56.4. The van der Waals surface area contributed by atoms with Crippen molar-refractivity contribution >= 4 is 47.6 Å². The summed E-state index contributed by atoms with van der Waals surface area (Å²) in [6, 6.07) is 0. The molecule has 0 aromatic carbocycles. The summed E-state index contributed by atoms with van der Waals surface area (Å²) in [5, 5.41) is 0. The van der Waals surface area contributed by atoms with Crippen molar-refractivity contribution in [3.05, 3.63) is 0 Å². The van der Waals surface area contributed by atoms with Crippen molar-refractivity contribution in [3.8, 4) is 0 Å². The molecule has 32 bridgehead atoms. The van der Waals surface area contributed by atoms with Gasteiger partial charge >= 0.3 is 41.8 Å².